The Bertz CT molecular complexity index is 1050. The van der Waals surface area contributed by atoms with Crippen LogP contribution in [0.25, 0.3) is 17.3 Å². The molecular weight excluding hydrogens is 366 g/mol. The summed E-state index contributed by atoms with van der Waals surface area (Å²) in [6.45, 7) is 4.72. The minimum Gasteiger partial charge on any atom is -0.332 e. The molecule has 1 atom stereocenters. The lowest BCUT2D eigenvalue weighted by atomic mass is 10.1. The highest BCUT2D eigenvalue weighted by Gasteiger charge is 2.40. The largest absolute Gasteiger partial charge is 0.332 e. The zero-order valence-electron chi connectivity index (χ0n) is 15.0. The summed E-state index contributed by atoms with van der Waals surface area (Å²) in [5.41, 5.74) is 2.79. The average Bonchev–Trinajstić information content (AvgIpc) is 3.37. The van der Waals surface area contributed by atoms with E-state index in [0.717, 1.165) is 24.2 Å². The highest BCUT2D eigenvalue weighted by molar-refractivity contribution is 6.34. The Morgan fingerprint density at radius 3 is 2.96 bits per heavy atom. The van der Waals surface area contributed by atoms with E-state index in [2.05, 4.69) is 15.1 Å². The Morgan fingerprint density at radius 2 is 2.19 bits per heavy atom. The normalized spacial score (nSPS) is 18.4. The molecule has 2 aliphatic heterocycles. The number of hydrogen-bond acceptors (Lipinski definition) is 5. The van der Waals surface area contributed by atoms with E-state index >= 15 is 0 Å². The number of aromatic nitrogens is 4. The Labute approximate surface area is 161 Å². The molecule has 0 aliphatic carbocycles. The molecule has 27 heavy (non-hydrogen) atoms. The number of carbonyl (C=O) groups excluding carboxylic acids is 1. The number of halogens is 1. The number of carbonyl (C=O) groups is 1. The third kappa shape index (κ3) is 2.34. The number of imidazole rings is 1. The van der Waals surface area contributed by atoms with Crippen molar-refractivity contribution in [3.05, 3.63) is 46.6 Å². The molecule has 3 aromatic rings. The van der Waals surface area contributed by atoms with Gasteiger partial charge in [0.1, 0.15) is 6.33 Å². The van der Waals surface area contributed by atoms with Gasteiger partial charge in [-0.05, 0) is 25.0 Å². The molecule has 8 heteroatoms. The molecule has 7 nitrogen and oxygen atoms in total. The third-order valence-corrected chi connectivity index (χ3v) is 5.57. The average molecular weight is 384 g/mol. The van der Waals surface area contributed by atoms with Crippen LogP contribution < -0.4 is 0 Å². The predicted octanol–water partition coefficient (Wildman–Crippen LogP) is 3.99. The fourth-order valence-corrected chi connectivity index (χ4v) is 4.21. The first-order chi connectivity index (χ1) is 13.1. The van der Waals surface area contributed by atoms with E-state index < -0.39 is 0 Å². The molecular formula is C19H18ClN5O2. The van der Waals surface area contributed by atoms with Crippen molar-refractivity contribution in [1.29, 1.82) is 0 Å². The number of amides is 1. The minimum atomic E-state index is -0.0899. The fourth-order valence-electron chi connectivity index (χ4n) is 3.96. The molecule has 0 unspecified atom stereocenters. The van der Waals surface area contributed by atoms with Crippen molar-refractivity contribution in [2.24, 2.45) is 0 Å². The number of hydrogen-bond donors (Lipinski definition) is 0. The standard InChI is InChI=1S/C19H18ClN5O2/c1-10(2)17-22-18(27-23-17)15-16-13-7-4-8-24(13)19(26)14-11(20)5-3-6-12(14)25(16)9-21-15/h3,5-6,9-10,13H,4,7-8H2,1-2H3/t13-/m0/s1. The van der Waals surface area contributed by atoms with Crippen molar-refractivity contribution in [3.63, 3.8) is 0 Å². The van der Waals surface area contributed by atoms with E-state index in [9.17, 15) is 4.79 Å². The summed E-state index contributed by atoms with van der Waals surface area (Å²) in [6.07, 6.45) is 3.51. The van der Waals surface area contributed by atoms with Crippen LogP contribution in [0.5, 0.6) is 0 Å². The molecule has 1 aromatic carbocycles. The monoisotopic (exact) mass is 383 g/mol. The van der Waals surface area contributed by atoms with Gasteiger partial charge in [-0.2, -0.15) is 4.98 Å². The molecule has 1 fully saturated rings. The van der Waals surface area contributed by atoms with Crippen LogP contribution in [-0.4, -0.2) is 37.0 Å². The highest BCUT2D eigenvalue weighted by atomic mass is 35.5. The molecule has 1 saturated heterocycles. The lowest BCUT2D eigenvalue weighted by Gasteiger charge is -2.22. The molecule has 4 heterocycles. The molecule has 0 saturated carbocycles. The second kappa shape index (κ2) is 5.92. The molecule has 0 radical (unpaired) electrons. The number of fused-ring (bicyclic) bond motifs is 5. The maximum absolute atomic E-state index is 13.2. The van der Waals surface area contributed by atoms with Crippen molar-refractivity contribution in [2.75, 3.05) is 6.54 Å². The summed E-state index contributed by atoms with van der Waals surface area (Å²) in [6, 6.07) is 5.40. The lowest BCUT2D eigenvalue weighted by molar-refractivity contribution is 0.0739. The SMILES string of the molecule is CC(C)c1noc(-c2ncn3c2[C@@H]2CCCN2C(=O)c2c(Cl)cccc2-3)n1. The number of nitrogens with zero attached hydrogens (tertiary/aromatic N) is 5. The first kappa shape index (κ1) is 16.5. The van der Waals surface area contributed by atoms with Gasteiger partial charge >= 0.3 is 0 Å². The summed E-state index contributed by atoms with van der Waals surface area (Å²) in [4.78, 5) is 24.2. The Balaban J connectivity index is 1.76. The topological polar surface area (TPSA) is 77.0 Å². The maximum atomic E-state index is 13.2. The second-order valence-electron chi connectivity index (χ2n) is 7.25. The number of benzene rings is 1. The van der Waals surface area contributed by atoms with Crippen LogP contribution >= 0.6 is 11.6 Å². The molecule has 0 spiro atoms. The third-order valence-electron chi connectivity index (χ3n) is 5.26. The van der Waals surface area contributed by atoms with Crippen LogP contribution in [-0.2, 0) is 0 Å². The molecule has 0 N–H and O–H groups in total. The molecule has 5 rings (SSSR count). The molecule has 2 aliphatic rings. The van der Waals surface area contributed by atoms with Crippen molar-refractivity contribution in [2.45, 2.75) is 38.6 Å². The Hall–Kier alpha value is -2.67. The summed E-state index contributed by atoms with van der Waals surface area (Å²) in [5, 5.41) is 4.52. The van der Waals surface area contributed by atoms with Gasteiger partial charge in [0.2, 0.25) is 0 Å². The number of rotatable bonds is 2. The Morgan fingerprint density at radius 1 is 1.33 bits per heavy atom. The summed E-state index contributed by atoms with van der Waals surface area (Å²) in [7, 11) is 0. The van der Waals surface area contributed by atoms with Gasteiger partial charge in [-0.15, -0.1) is 0 Å². The van der Waals surface area contributed by atoms with Crippen LogP contribution in [0.4, 0.5) is 0 Å². The Kier molecular flexibility index (Phi) is 3.62. The van der Waals surface area contributed by atoms with E-state index in [-0.39, 0.29) is 17.9 Å². The predicted molar refractivity (Wildman–Crippen MR) is 99.0 cm³/mol. The van der Waals surface area contributed by atoms with Crippen LogP contribution in [0.2, 0.25) is 5.02 Å². The van der Waals surface area contributed by atoms with Gasteiger partial charge in [0.05, 0.1) is 28.0 Å². The van der Waals surface area contributed by atoms with Crippen LogP contribution in [0.3, 0.4) is 0 Å². The van der Waals surface area contributed by atoms with Crippen molar-refractivity contribution >= 4 is 17.5 Å². The first-order valence-electron chi connectivity index (χ1n) is 9.07. The van der Waals surface area contributed by atoms with Crippen molar-refractivity contribution < 1.29 is 9.32 Å². The molecule has 1 amide bonds. The summed E-state index contributed by atoms with van der Waals surface area (Å²) < 4.78 is 7.45. The van der Waals surface area contributed by atoms with Gasteiger partial charge in [-0.1, -0.05) is 36.7 Å². The van der Waals surface area contributed by atoms with E-state index in [1.165, 1.54) is 0 Å². The fraction of sp³-hybridized carbons (Fsp3) is 0.368. The van der Waals surface area contributed by atoms with Crippen LogP contribution in [0, 0.1) is 0 Å². The van der Waals surface area contributed by atoms with Gasteiger partial charge in [0.25, 0.3) is 11.8 Å². The quantitative estimate of drug-likeness (QED) is 0.668. The first-order valence-corrected chi connectivity index (χ1v) is 9.45. The van der Waals surface area contributed by atoms with E-state index in [4.69, 9.17) is 16.1 Å². The zero-order chi connectivity index (χ0) is 18.7. The van der Waals surface area contributed by atoms with Gasteiger partial charge in [-0.3, -0.25) is 9.36 Å². The summed E-state index contributed by atoms with van der Waals surface area (Å²) in [5.74, 6) is 1.15. The maximum Gasteiger partial charge on any atom is 0.278 e. The van der Waals surface area contributed by atoms with E-state index in [1.54, 1.807) is 12.4 Å². The van der Waals surface area contributed by atoms with Crippen LogP contribution in [0.1, 0.15) is 60.5 Å². The summed E-state index contributed by atoms with van der Waals surface area (Å²) >= 11 is 6.41. The van der Waals surface area contributed by atoms with Gasteiger partial charge in [-0.25, -0.2) is 4.98 Å². The van der Waals surface area contributed by atoms with E-state index in [0.29, 0.717) is 34.5 Å². The smallest absolute Gasteiger partial charge is 0.278 e. The molecule has 2 aromatic heterocycles. The zero-order valence-corrected chi connectivity index (χ0v) is 15.8. The van der Waals surface area contributed by atoms with E-state index in [1.807, 2.05) is 35.4 Å². The lowest BCUT2D eigenvalue weighted by Crippen LogP contribution is -2.29. The molecule has 138 valence electrons. The second-order valence-corrected chi connectivity index (χ2v) is 7.66. The van der Waals surface area contributed by atoms with Gasteiger partial charge in [0, 0.05) is 12.5 Å². The highest BCUT2D eigenvalue weighted by Crippen LogP contribution is 2.43. The van der Waals surface area contributed by atoms with Crippen molar-refractivity contribution in [3.8, 4) is 17.3 Å². The van der Waals surface area contributed by atoms with Crippen molar-refractivity contribution in [1.82, 2.24) is 24.6 Å². The minimum absolute atomic E-state index is 0.0406. The van der Waals surface area contributed by atoms with Crippen LogP contribution in [0.15, 0.2) is 29.0 Å². The van der Waals surface area contributed by atoms with Gasteiger partial charge in [0.15, 0.2) is 11.5 Å². The van der Waals surface area contributed by atoms with Gasteiger partial charge < -0.3 is 9.42 Å². The molecule has 0 bridgehead atoms.